The van der Waals surface area contributed by atoms with E-state index >= 15 is 0 Å². The highest BCUT2D eigenvalue weighted by atomic mass is 35.5. The zero-order valence-corrected chi connectivity index (χ0v) is 17.5. The van der Waals surface area contributed by atoms with Crippen molar-refractivity contribution in [2.45, 2.75) is 31.1 Å². The monoisotopic (exact) mass is 516 g/mol. The van der Waals surface area contributed by atoms with Gasteiger partial charge in [0.1, 0.15) is 18.2 Å². The first-order valence-corrected chi connectivity index (χ1v) is 9.61. The molecule has 1 aliphatic rings. The van der Waals surface area contributed by atoms with Crippen molar-refractivity contribution in [3.63, 3.8) is 0 Å². The number of nitrogens with one attached hydrogen (secondary N) is 2. The summed E-state index contributed by atoms with van der Waals surface area (Å²) >= 11 is 5.42. The van der Waals surface area contributed by atoms with Gasteiger partial charge in [0, 0.05) is 23.7 Å². The Morgan fingerprint density at radius 1 is 0.853 bits per heavy atom. The fourth-order valence-corrected chi connectivity index (χ4v) is 2.57. The topological polar surface area (TPSA) is 136 Å². The molecule has 0 atom stereocenters. The second kappa shape index (κ2) is 10.7. The van der Waals surface area contributed by atoms with Crippen LogP contribution in [-0.4, -0.2) is 45.3 Å². The van der Waals surface area contributed by atoms with E-state index in [0.29, 0.717) is 5.69 Å². The summed E-state index contributed by atoms with van der Waals surface area (Å²) in [4.78, 5) is 26.9. The highest BCUT2D eigenvalue weighted by Crippen LogP contribution is 2.40. The molecule has 1 aliphatic carbocycles. The first kappa shape index (κ1) is 26.8. The van der Waals surface area contributed by atoms with Gasteiger partial charge in [0.05, 0.1) is 9.85 Å². The van der Waals surface area contributed by atoms with Crippen molar-refractivity contribution in [3.8, 4) is 0 Å². The van der Waals surface area contributed by atoms with E-state index in [-0.39, 0.29) is 16.9 Å². The fraction of sp³-hybridized carbons (Fsp3) is 0.412. The van der Waals surface area contributed by atoms with E-state index in [0.717, 1.165) is 25.0 Å². The summed E-state index contributed by atoms with van der Waals surface area (Å²) in [5.74, 6) is -0.603. The molecule has 0 radical (unpaired) electrons. The SMILES string of the molecule is O=[N+]([O-])c1ccc(C2CC2)nc1NCC(F)(F)F.O=[N+]([O-])c1ccc(Cl)nc1NCC(F)(F)F. The van der Waals surface area contributed by atoms with Crippen molar-refractivity contribution < 1.29 is 36.2 Å². The minimum Gasteiger partial charge on any atom is -0.355 e. The number of pyridine rings is 2. The molecule has 1 fully saturated rings. The molecular weight excluding hydrogens is 502 g/mol. The number of hydrogen-bond donors (Lipinski definition) is 2. The summed E-state index contributed by atoms with van der Waals surface area (Å²) in [7, 11) is 0. The van der Waals surface area contributed by atoms with Crippen molar-refractivity contribution in [2.75, 3.05) is 23.7 Å². The number of anilines is 2. The Morgan fingerprint density at radius 2 is 1.29 bits per heavy atom. The molecule has 0 bridgehead atoms. The lowest BCUT2D eigenvalue weighted by Gasteiger charge is -2.10. The molecule has 2 N–H and O–H groups in total. The zero-order chi connectivity index (χ0) is 25.7. The number of nitro groups is 2. The predicted octanol–water partition coefficient (Wildman–Crippen LogP) is 5.46. The van der Waals surface area contributed by atoms with Crippen LogP contribution in [0.1, 0.15) is 24.5 Å². The smallest absolute Gasteiger partial charge is 0.355 e. The molecule has 0 aliphatic heterocycles. The number of aromatic nitrogens is 2. The first-order valence-electron chi connectivity index (χ1n) is 9.24. The summed E-state index contributed by atoms with van der Waals surface area (Å²) in [6.07, 6.45) is -7.09. The molecule has 3 rings (SSSR count). The number of halogens is 7. The number of rotatable bonds is 7. The molecule has 0 aromatic carbocycles. The Morgan fingerprint density at radius 3 is 1.71 bits per heavy atom. The van der Waals surface area contributed by atoms with E-state index < -0.39 is 52.5 Å². The third-order valence-electron chi connectivity index (χ3n) is 4.04. The second-order valence-corrected chi connectivity index (χ2v) is 7.22. The van der Waals surface area contributed by atoms with Gasteiger partial charge in [0.2, 0.25) is 11.6 Å². The lowest BCUT2D eigenvalue weighted by atomic mass is 10.2. The minimum atomic E-state index is -4.49. The second-order valence-electron chi connectivity index (χ2n) is 6.83. The Hall–Kier alpha value is -3.43. The van der Waals surface area contributed by atoms with Gasteiger partial charge in [-0.1, -0.05) is 11.6 Å². The van der Waals surface area contributed by atoms with Gasteiger partial charge in [-0.15, -0.1) is 0 Å². The summed E-state index contributed by atoms with van der Waals surface area (Å²) in [5, 5.41) is 24.8. The maximum Gasteiger partial charge on any atom is 0.405 e. The standard InChI is InChI=1S/C10H10F3N3O2.C7H5ClF3N3O2/c11-10(12,13)5-14-9-8(16(17)18)4-3-7(15-9)6-1-2-6;8-5-2-1-4(14(15)16)6(13-5)12-3-7(9,10)11/h3-4,6H,1-2,5H2,(H,14,15);1-2H,3H2,(H,12,13). The third kappa shape index (κ3) is 8.84. The minimum absolute atomic E-state index is 0.129. The molecule has 0 unspecified atom stereocenters. The molecule has 0 saturated heterocycles. The van der Waals surface area contributed by atoms with Crippen LogP contribution in [0.15, 0.2) is 24.3 Å². The van der Waals surface area contributed by atoms with Gasteiger partial charge in [-0.05, 0) is 25.0 Å². The van der Waals surface area contributed by atoms with Gasteiger partial charge in [-0.2, -0.15) is 26.3 Å². The Balaban J connectivity index is 0.000000242. The Kier molecular flexibility index (Phi) is 8.41. The molecule has 17 heteroatoms. The van der Waals surface area contributed by atoms with Gasteiger partial charge < -0.3 is 10.6 Å². The van der Waals surface area contributed by atoms with Crippen molar-refractivity contribution in [1.29, 1.82) is 0 Å². The summed E-state index contributed by atoms with van der Waals surface area (Å²) in [6.45, 7) is -2.75. The number of hydrogen-bond acceptors (Lipinski definition) is 8. The van der Waals surface area contributed by atoms with E-state index in [1.165, 1.54) is 12.1 Å². The van der Waals surface area contributed by atoms with Crippen molar-refractivity contribution in [2.24, 2.45) is 0 Å². The highest BCUT2D eigenvalue weighted by molar-refractivity contribution is 6.29. The maximum atomic E-state index is 12.1. The van der Waals surface area contributed by atoms with E-state index in [1.807, 2.05) is 10.6 Å². The zero-order valence-electron chi connectivity index (χ0n) is 16.8. The quantitative estimate of drug-likeness (QED) is 0.214. The number of alkyl halides is 6. The molecule has 0 amide bonds. The summed E-state index contributed by atoms with van der Waals surface area (Å²) < 4.78 is 71.9. The molecule has 2 aromatic heterocycles. The highest BCUT2D eigenvalue weighted by Gasteiger charge is 2.31. The molecule has 1 saturated carbocycles. The van der Waals surface area contributed by atoms with Gasteiger partial charge in [-0.25, -0.2) is 9.97 Å². The molecule has 2 heterocycles. The lowest BCUT2D eigenvalue weighted by Crippen LogP contribution is -2.22. The van der Waals surface area contributed by atoms with Gasteiger partial charge in [0.25, 0.3) is 0 Å². The van der Waals surface area contributed by atoms with E-state index in [9.17, 15) is 46.6 Å². The summed E-state index contributed by atoms with van der Waals surface area (Å²) in [6, 6.07) is 4.79. The summed E-state index contributed by atoms with van der Waals surface area (Å²) in [5.41, 5.74) is -0.400. The molecule has 10 nitrogen and oxygen atoms in total. The molecular formula is C17H15ClF6N6O4. The third-order valence-corrected chi connectivity index (χ3v) is 4.25. The van der Waals surface area contributed by atoms with Crippen LogP contribution in [0.4, 0.5) is 49.4 Å². The average Bonchev–Trinajstić information content (AvgIpc) is 3.55. The van der Waals surface area contributed by atoms with Crippen LogP contribution in [0.3, 0.4) is 0 Å². The van der Waals surface area contributed by atoms with Crippen LogP contribution in [0.5, 0.6) is 0 Å². The van der Waals surface area contributed by atoms with Crippen LogP contribution in [-0.2, 0) is 0 Å². The van der Waals surface area contributed by atoms with Crippen LogP contribution >= 0.6 is 11.6 Å². The first-order chi connectivity index (χ1) is 15.7. The van der Waals surface area contributed by atoms with Gasteiger partial charge in [-0.3, -0.25) is 20.2 Å². The van der Waals surface area contributed by atoms with Crippen LogP contribution in [0.25, 0.3) is 0 Å². The number of nitrogens with zero attached hydrogens (tertiary/aromatic N) is 4. The predicted molar refractivity (Wildman–Crippen MR) is 108 cm³/mol. The molecule has 0 spiro atoms. The Labute approximate surface area is 191 Å². The lowest BCUT2D eigenvalue weighted by molar-refractivity contribution is -0.384. The molecule has 186 valence electrons. The van der Waals surface area contributed by atoms with Crippen molar-refractivity contribution in [3.05, 3.63) is 55.3 Å². The molecule has 34 heavy (non-hydrogen) atoms. The van der Waals surface area contributed by atoms with Crippen LogP contribution in [0.2, 0.25) is 5.15 Å². The fourth-order valence-electron chi connectivity index (χ4n) is 2.42. The van der Waals surface area contributed by atoms with Crippen molar-refractivity contribution >= 4 is 34.6 Å². The van der Waals surface area contributed by atoms with E-state index in [2.05, 4.69) is 9.97 Å². The van der Waals surface area contributed by atoms with Gasteiger partial charge in [0.15, 0.2) is 0 Å². The van der Waals surface area contributed by atoms with E-state index in [4.69, 9.17) is 11.6 Å². The van der Waals surface area contributed by atoms with Crippen molar-refractivity contribution in [1.82, 2.24) is 9.97 Å². The van der Waals surface area contributed by atoms with Crippen LogP contribution < -0.4 is 10.6 Å². The van der Waals surface area contributed by atoms with Crippen LogP contribution in [0, 0.1) is 20.2 Å². The average molecular weight is 517 g/mol. The molecule has 2 aromatic rings. The largest absolute Gasteiger partial charge is 0.405 e. The van der Waals surface area contributed by atoms with E-state index in [1.54, 1.807) is 0 Å². The maximum absolute atomic E-state index is 12.1. The van der Waals surface area contributed by atoms with Gasteiger partial charge >= 0.3 is 23.7 Å². The Bertz CT molecular complexity index is 1050. The normalized spacial score (nSPS) is 13.5.